The lowest BCUT2D eigenvalue weighted by Crippen LogP contribution is -2.65. The van der Waals surface area contributed by atoms with Gasteiger partial charge in [-0.25, -0.2) is 9.69 Å². The number of hydrogen-bond acceptors (Lipinski definition) is 4. The Bertz CT molecular complexity index is 990. The highest BCUT2D eigenvalue weighted by Gasteiger charge is 2.51. The highest BCUT2D eigenvalue weighted by atomic mass is 28.4. The smallest absolute Gasteiger partial charge is 0.417 e. The molecule has 35 heavy (non-hydrogen) atoms. The van der Waals surface area contributed by atoms with Crippen LogP contribution in [0.2, 0.25) is 5.04 Å². The Morgan fingerprint density at radius 2 is 1.57 bits per heavy atom. The Labute approximate surface area is 210 Å². The zero-order chi connectivity index (χ0) is 25.9. The molecule has 5 nitrogen and oxygen atoms in total. The second-order valence-electron chi connectivity index (χ2n) is 11.2. The van der Waals surface area contributed by atoms with Crippen molar-refractivity contribution in [3.63, 3.8) is 0 Å². The van der Waals surface area contributed by atoms with Gasteiger partial charge in [-0.1, -0.05) is 80.6 Å². The van der Waals surface area contributed by atoms with Crippen molar-refractivity contribution < 1.29 is 19.1 Å². The maximum absolute atomic E-state index is 13.1. The van der Waals surface area contributed by atoms with Gasteiger partial charge in [0.1, 0.15) is 5.60 Å². The van der Waals surface area contributed by atoms with Crippen LogP contribution in [-0.2, 0) is 9.53 Å². The van der Waals surface area contributed by atoms with E-state index in [1.165, 1.54) is 4.90 Å². The second-order valence-corrected chi connectivity index (χ2v) is 15.1. The summed E-state index contributed by atoms with van der Waals surface area (Å²) < 4.78 is 5.59. The van der Waals surface area contributed by atoms with Crippen LogP contribution in [0.4, 0.5) is 4.79 Å². The van der Waals surface area contributed by atoms with Crippen molar-refractivity contribution >= 4 is 30.7 Å². The monoisotopic (exact) mass is 493 g/mol. The Morgan fingerprint density at radius 1 is 1.06 bits per heavy atom. The van der Waals surface area contributed by atoms with E-state index in [0.29, 0.717) is 25.7 Å². The summed E-state index contributed by atoms with van der Waals surface area (Å²) in [5.74, 6) is -0.465. The molecular formula is C29H39NO4Si. The molecule has 1 aliphatic rings. The Morgan fingerprint density at radius 3 is 2.03 bits per heavy atom. The van der Waals surface area contributed by atoms with E-state index in [0.717, 1.165) is 10.4 Å². The summed E-state index contributed by atoms with van der Waals surface area (Å²) in [5.41, 5.74) is -0.689. The summed E-state index contributed by atoms with van der Waals surface area (Å²) in [7, 11) is -3.17. The number of benzene rings is 2. The van der Waals surface area contributed by atoms with Crippen LogP contribution < -0.4 is 10.4 Å². The second kappa shape index (κ2) is 10.5. The number of imide groups is 1. The predicted octanol–water partition coefficient (Wildman–Crippen LogP) is 5.03. The first-order valence-electron chi connectivity index (χ1n) is 12.4. The van der Waals surface area contributed by atoms with E-state index < -0.39 is 25.0 Å². The van der Waals surface area contributed by atoms with Gasteiger partial charge in [0, 0.05) is 12.0 Å². The molecule has 1 saturated heterocycles. The third-order valence-corrected chi connectivity index (χ3v) is 11.6. The van der Waals surface area contributed by atoms with Crippen LogP contribution in [0.1, 0.15) is 60.3 Å². The van der Waals surface area contributed by atoms with Crippen molar-refractivity contribution in [2.75, 3.05) is 0 Å². The molecule has 0 radical (unpaired) electrons. The number of ether oxygens (including phenoxy) is 1. The van der Waals surface area contributed by atoms with E-state index in [4.69, 9.17) is 4.74 Å². The van der Waals surface area contributed by atoms with Gasteiger partial charge in [0.05, 0.1) is 0 Å². The lowest BCUT2D eigenvalue weighted by molar-refractivity contribution is -0.131. The first-order chi connectivity index (χ1) is 16.4. The number of hydrogen-bond donors (Lipinski definition) is 1. The molecule has 2 amide bonds. The van der Waals surface area contributed by atoms with Gasteiger partial charge in [-0.05, 0) is 61.9 Å². The molecule has 0 spiro atoms. The SMILES string of the molecule is C=CC[C@@H]1C[C@@H](CCC(C)(C)[Si](O)(c2ccccc2)c2ccccc2)N(C(=O)OC(C)(C)C)C1=O. The van der Waals surface area contributed by atoms with E-state index in [2.05, 4.69) is 20.4 Å². The fourth-order valence-electron chi connectivity index (χ4n) is 5.12. The average Bonchev–Trinajstić information content (AvgIpc) is 3.12. The number of carbonyl (C=O) groups excluding carboxylic acids is 2. The normalized spacial score (nSPS) is 19.0. The van der Waals surface area contributed by atoms with Crippen LogP contribution >= 0.6 is 0 Å². The lowest BCUT2D eigenvalue weighted by atomic mass is 9.96. The first-order valence-corrected chi connectivity index (χ1v) is 14.4. The van der Waals surface area contributed by atoms with Crippen molar-refractivity contribution in [1.82, 2.24) is 4.90 Å². The Balaban J connectivity index is 1.91. The van der Waals surface area contributed by atoms with E-state index in [-0.39, 0.29) is 17.9 Å². The number of rotatable bonds is 8. The van der Waals surface area contributed by atoms with Crippen molar-refractivity contribution in [2.45, 2.75) is 77.0 Å². The number of likely N-dealkylation sites (tertiary alicyclic amines) is 1. The van der Waals surface area contributed by atoms with E-state index in [9.17, 15) is 14.4 Å². The number of nitrogens with zero attached hydrogens (tertiary/aromatic N) is 1. The number of allylic oxidation sites excluding steroid dienone is 1. The van der Waals surface area contributed by atoms with E-state index in [1.807, 2.05) is 60.7 Å². The number of amides is 2. The maximum Gasteiger partial charge on any atom is 0.417 e. The standard InChI is InChI=1S/C29H39NO4Si/c1-7-14-22-21-23(30(26(22)31)27(32)34-28(2,3)4)19-20-29(5,6)35(33,24-15-10-8-11-16-24)25-17-12-9-13-18-25/h7-13,15-18,22-23,33H,1,14,19-21H2,2-6H3/t22-,23-/m1/s1. The van der Waals surface area contributed by atoms with Gasteiger partial charge in [0.15, 0.2) is 0 Å². The van der Waals surface area contributed by atoms with E-state index >= 15 is 0 Å². The molecule has 188 valence electrons. The van der Waals surface area contributed by atoms with Crippen molar-refractivity contribution in [3.05, 3.63) is 73.3 Å². The van der Waals surface area contributed by atoms with Crippen LogP contribution in [0.25, 0.3) is 0 Å². The molecule has 0 unspecified atom stereocenters. The quantitative estimate of drug-likeness (QED) is 0.414. The Hall–Kier alpha value is -2.70. The summed E-state index contributed by atoms with van der Waals surface area (Å²) in [6.07, 6.45) is 3.51. The largest absolute Gasteiger partial charge is 0.443 e. The molecular weight excluding hydrogens is 454 g/mol. The van der Waals surface area contributed by atoms with E-state index in [1.54, 1.807) is 26.8 Å². The molecule has 1 heterocycles. The summed E-state index contributed by atoms with van der Waals surface area (Å²) in [6.45, 7) is 13.4. The van der Waals surface area contributed by atoms with Crippen molar-refractivity contribution in [2.24, 2.45) is 5.92 Å². The third-order valence-electron chi connectivity index (χ3n) is 7.01. The molecule has 1 N–H and O–H groups in total. The fourth-order valence-corrected chi connectivity index (χ4v) is 8.87. The van der Waals surface area contributed by atoms with Crippen molar-refractivity contribution in [1.29, 1.82) is 0 Å². The molecule has 6 heteroatoms. The molecule has 0 aliphatic carbocycles. The van der Waals surface area contributed by atoms with Crippen LogP contribution in [0.5, 0.6) is 0 Å². The fraction of sp³-hybridized carbons (Fsp3) is 0.448. The molecule has 0 bridgehead atoms. The highest BCUT2D eigenvalue weighted by molar-refractivity contribution is 6.98. The summed E-state index contributed by atoms with van der Waals surface area (Å²) in [5, 5.41) is 1.44. The van der Waals surface area contributed by atoms with Crippen LogP contribution in [0, 0.1) is 5.92 Å². The number of carbonyl (C=O) groups is 2. The zero-order valence-corrected chi connectivity index (χ0v) is 22.7. The van der Waals surface area contributed by atoms with Crippen LogP contribution in [0.3, 0.4) is 0 Å². The van der Waals surface area contributed by atoms with Gasteiger partial charge in [-0.15, -0.1) is 6.58 Å². The molecule has 0 aromatic heterocycles. The van der Waals surface area contributed by atoms with Crippen LogP contribution in [0.15, 0.2) is 73.3 Å². The minimum Gasteiger partial charge on any atom is -0.443 e. The lowest BCUT2D eigenvalue weighted by Gasteiger charge is -2.42. The average molecular weight is 494 g/mol. The van der Waals surface area contributed by atoms with Gasteiger partial charge < -0.3 is 9.53 Å². The van der Waals surface area contributed by atoms with Gasteiger partial charge in [0.25, 0.3) is 8.32 Å². The predicted molar refractivity (Wildman–Crippen MR) is 143 cm³/mol. The van der Waals surface area contributed by atoms with Crippen molar-refractivity contribution in [3.8, 4) is 0 Å². The summed E-state index contributed by atoms with van der Waals surface area (Å²) in [6, 6.07) is 19.5. The highest BCUT2D eigenvalue weighted by Crippen LogP contribution is 2.42. The molecule has 2 atom stereocenters. The zero-order valence-electron chi connectivity index (χ0n) is 21.7. The molecule has 1 aliphatic heterocycles. The van der Waals surface area contributed by atoms with Gasteiger partial charge >= 0.3 is 6.09 Å². The van der Waals surface area contributed by atoms with Crippen LogP contribution in [-0.4, -0.2) is 41.7 Å². The molecule has 2 aromatic rings. The van der Waals surface area contributed by atoms with Gasteiger partial charge in [-0.2, -0.15) is 0 Å². The minimum atomic E-state index is -3.17. The van der Waals surface area contributed by atoms with Gasteiger partial charge in [-0.3, -0.25) is 4.79 Å². The maximum atomic E-state index is 13.1. The third kappa shape index (κ3) is 5.76. The summed E-state index contributed by atoms with van der Waals surface area (Å²) in [4.78, 5) is 39.9. The Kier molecular flexibility index (Phi) is 8.07. The topological polar surface area (TPSA) is 66.8 Å². The molecule has 3 rings (SSSR count). The summed E-state index contributed by atoms with van der Waals surface area (Å²) >= 11 is 0. The molecule has 1 fully saturated rings. The first kappa shape index (κ1) is 26.9. The molecule has 2 aromatic carbocycles. The van der Waals surface area contributed by atoms with Gasteiger partial charge in [0.2, 0.25) is 5.91 Å². The minimum absolute atomic E-state index is 0.194. The molecule has 0 saturated carbocycles.